The van der Waals surface area contributed by atoms with E-state index < -0.39 is 0 Å². The molecular weight excluding hydrogens is 206 g/mol. The van der Waals surface area contributed by atoms with Gasteiger partial charge in [0.2, 0.25) is 0 Å². The molecule has 0 aliphatic heterocycles. The Bertz CT molecular complexity index is 190. The van der Waals surface area contributed by atoms with Crippen LogP contribution in [0.25, 0.3) is 0 Å². The van der Waals surface area contributed by atoms with E-state index in [1.54, 1.807) is 0 Å². The number of nitrogens with one attached hydrogen (secondary N) is 1. The molecule has 1 aliphatic carbocycles. The molecule has 0 saturated heterocycles. The van der Waals surface area contributed by atoms with Crippen molar-refractivity contribution in [2.45, 2.75) is 66.2 Å². The molecule has 1 aliphatic rings. The van der Waals surface area contributed by atoms with E-state index in [-0.39, 0.29) is 0 Å². The highest BCUT2D eigenvalue weighted by molar-refractivity contribution is 4.83. The number of hydrogen-bond donors (Lipinski definition) is 1. The monoisotopic (exact) mass is 239 g/mol. The summed E-state index contributed by atoms with van der Waals surface area (Å²) in [5.74, 6) is 3.86. The van der Waals surface area contributed by atoms with Crippen LogP contribution in [-0.2, 0) is 0 Å². The summed E-state index contributed by atoms with van der Waals surface area (Å²) >= 11 is 0. The second-order valence-corrected chi connectivity index (χ2v) is 6.08. The smallest absolute Gasteiger partial charge is 0.00179 e. The number of hydrogen-bond acceptors (Lipinski definition) is 1. The highest BCUT2D eigenvalue weighted by atomic mass is 14.8. The lowest BCUT2D eigenvalue weighted by molar-refractivity contribution is 0.119. The van der Waals surface area contributed by atoms with Gasteiger partial charge in [-0.15, -0.1) is 0 Å². The molecule has 0 heterocycles. The van der Waals surface area contributed by atoms with E-state index in [2.05, 4.69) is 33.0 Å². The van der Waals surface area contributed by atoms with Crippen molar-refractivity contribution in [3.63, 3.8) is 0 Å². The average Bonchev–Trinajstić information content (AvgIpc) is 2.36. The third kappa shape index (κ3) is 4.62. The molecular formula is C16H33N. The minimum absolute atomic E-state index is 0.929. The highest BCUT2D eigenvalue weighted by Crippen LogP contribution is 2.40. The maximum atomic E-state index is 3.58. The van der Waals surface area contributed by atoms with Gasteiger partial charge in [-0.1, -0.05) is 53.4 Å². The normalized spacial score (nSPS) is 31.4. The molecule has 4 atom stereocenters. The van der Waals surface area contributed by atoms with Gasteiger partial charge in [0.05, 0.1) is 0 Å². The Morgan fingerprint density at radius 1 is 1.18 bits per heavy atom. The fourth-order valence-electron chi connectivity index (χ4n) is 3.68. The van der Waals surface area contributed by atoms with Gasteiger partial charge in [-0.3, -0.25) is 0 Å². The average molecular weight is 239 g/mol. The van der Waals surface area contributed by atoms with Crippen LogP contribution in [-0.4, -0.2) is 13.1 Å². The van der Waals surface area contributed by atoms with Crippen molar-refractivity contribution in [2.24, 2.45) is 23.7 Å². The summed E-state index contributed by atoms with van der Waals surface area (Å²) in [6, 6.07) is 0. The quantitative estimate of drug-likeness (QED) is 0.691. The summed E-state index contributed by atoms with van der Waals surface area (Å²) in [5.41, 5.74) is 0. The molecule has 0 spiro atoms. The molecule has 0 aromatic carbocycles. The Morgan fingerprint density at radius 3 is 2.53 bits per heavy atom. The van der Waals surface area contributed by atoms with Crippen LogP contribution in [0.2, 0.25) is 0 Å². The summed E-state index contributed by atoms with van der Waals surface area (Å²) < 4.78 is 0. The van der Waals surface area contributed by atoms with Crippen molar-refractivity contribution in [3.05, 3.63) is 0 Å². The minimum atomic E-state index is 0.929. The molecule has 1 N–H and O–H groups in total. The zero-order valence-corrected chi connectivity index (χ0v) is 12.5. The first-order chi connectivity index (χ1) is 8.22. The van der Waals surface area contributed by atoms with Gasteiger partial charge in [-0.05, 0) is 49.6 Å². The van der Waals surface area contributed by atoms with Gasteiger partial charge in [-0.25, -0.2) is 0 Å². The molecule has 0 bridgehead atoms. The van der Waals surface area contributed by atoms with E-state index in [9.17, 15) is 0 Å². The maximum absolute atomic E-state index is 3.58. The summed E-state index contributed by atoms with van der Waals surface area (Å²) in [6.07, 6.45) is 8.59. The van der Waals surface area contributed by atoms with Crippen molar-refractivity contribution >= 4 is 0 Å². The van der Waals surface area contributed by atoms with Crippen molar-refractivity contribution in [3.8, 4) is 0 Å². The molecule has 0 amide bonds. The lowest BCUT2D eigenvalue weighted by atomic mass is 9.67. The van der Waals surface area contributed by atoms with Crippen molar-refractivity contribution in [1.82, 2.24) is 5.32 Å². The standard InChI is InChI=1S/C16H33N/c1-5-8-13(4)16-11-14(6-2)9-10-15(16)12-17-7-3/h13-17H,5-12H2,1-4H3. The molecule has 0 aromatic rings. The van der Waals surface area contributed by atoms with Gasteiger partial charge < -0.3 is 5.32 Å². The Hall–Kier alpha value is -0.0400. The molecule has 0 radical (unpaired) electrons. The molecule has 1 heteroatoms. The molecule has 17 heavy (non-hydrogen) atoms. The van der Waals surface area contributed by atoms with Crippen LogP contribution in [0.5, 0.6) is 0 Å². The summed E-state index contributed by atoms with van der Waals surface area (Å²) in [4.78, 5) is 0. The predicted molar refractivity (Wildman–Crippen MR) is 77.2 cm³/mol. The van der Waals surface area contributed by atoms with Crippen LogP contribution < -0.4 is 5.32 Å². The lowest BCUT2D eigenvalue weighted by Crippen LogP contribution is -2.36. The third-order valence-corrected chi connectivity index (χ3v) is 4.87. The Labute approximate surface area is 109 Å². The van der Waals surface area contributed by atoms with E-state index in [0.717, 1.165) is 30.2 Å². The molecule has 1 saturated carbocycles. The van der Waals surface area contributed by atoms with E-state index in [0.29, 0.717) is 0 Å². The first kappa shape index (κ1) is 15.0. The maximum Gasteiger partial charge on any atom is -0.00179 e. The van der Waals surface area contributed by atoms with E-state index >= 15 is 0 Å². The first-order valence-corrected chi connectivity index (χ1v) is 7.93. The van der Waals surface area contributed by atoms with Crippen LogP contribution in [0.3, 0.4) is 0 Å². The van der Waals surface area contributed by atoms with Crippen LogP contribution in [0.15, 0.2) is 0 Å². The lowest BCUT2D eigenvalue weighted by Gasteiger charge is -2.39. The zero-order valence-electron chi connectivity index (χ0n) is 12.5. The van der Waals surface area contributed by atoms with Gasteiger partial charge in [0.25, 0.3) is 0 Å². The Morgan fingerprint density at radius 2 is 1.94 bits per heavy atom. The minimum Gasteiger partial charge on any atom is -0.317 e. The van der Waals surface area contributed by atoms with Gasteiger partial charge in [0.1, 0.15) is 0 Å². The van der Waals surface area contributed by atoms with Gasteiger partial charge in [0, 0.05) is 0 Å². The van der Waals surface area contributed by atoms with Crippen molar-refractivity contribution < 1.29 is 0 Å². The van der Waals surface area contributed by atoms with Gasteiger partial charge in [-0.2, -0.15) is 0 Å². The molecule has 0 aromatic heterocycles. The largest absolute Gasteiger partial charge is 0.317 e. The summed E-state index contributed by atoms with van der Waals surface area (Å²) in [7, 11) is 0. The summed E-state index contributed by atoms with van der Waals surface area (Å²) in [5, 5.41) is 3.58. The van der Waals surface area contributed by atoms with Crippen molar-refractivity contribution in [1.29, 1.82) is 0 Å². The van der Waals surface area contributed by atoms with Gasteiger partial charge >= 0.3 is 0 Å². The van der Waals surface area contributed by atoms with E-state index in [1.807, 2.05) is 0 Å². The highest BCUT2D eigenvalue weighted by Gasteiger charge is 2.32. The third-order valence-electron chi connectivity index (χ3n) is 4.87. The topological polar surface area (TPSA) is 12.0 Å². The zero-order chi connectivity index (χ0) is 12.7. The molecule has 102 valence electrons. The van der Waals surface area contributed by atoms with Crippen LogP contribution in [0.1, 0.15) is 66.2 Å². The van der Waals surface area contributed by atoms with E-state index in [4.69, 9.17) is 0 Å². The Kier molecular flexibility index (Phi) is 7.18. The molecule has 4 unspecified atom stereocenters. The fourth-order valence-corrected chi connectivity index (χ4v) is 3.68. The summed E-state index contributed by atoms with van der Waals surface area (Å²) in [6.45, 7) is 11.8. The predicted octanol–water partition coefficient (Wildman–Crippen LogP) is 4.47. The molecule has 1 rings (SSSR count). The van der Waals surface area contributed by atoms with Crippen molar-refractivity contribution in [2.75, 3.05) is 13.1 Å². The Balaban J connectivity index is 2.54. The molecule has 1 fully saturated rings. The van der Waals surface area contributed by atoms with Gasteiger partial charge in [0.15, 0.2) is 0 Å². The SMILES string of the molecule is CCCC(C)C1CC(CC)CCC1CNCC. The molecule has 1 nitrogen and oxygen atoms in total. The fraction of sp³-hybridized carbons (Fsp3) is 1.00. The second-order valence-electron chi connectivity index (χ2n) is 6.08. The van der Waals surface area contributed by atoms with E-state index in [1.165, 1.54) is 45.1 Å². The van der Waals surface area contributed by atoms with Crippen LogP contribution >= 0.6 is 0 Å². The van der Waals surface area contributed by atoms with Crippen LogP contribution in [0.4, 0.5) is 0 Å². The number of rotatable bonds is 7. The van der Waals surface area contributed by atoms with Crippen LogP contribution in [0, 0.1) is 23.7 Å². The second kappa shape index (κ2) is 8.13. The first-order valence-electron chi connectivity index (χ1n) is 7.93.